The van der Waals surface area contributed by atoms with Crippen LogP contribution < -0.4 is 10.6 Å². The molecule has 0 heterocycles. The Labute approximate surface area is 247 Å². The third kappa shape index (κ3) is 11.2. The van der Waals surface area contributed by atoms with E-state index in [1.165, 1.54) is 0 Å². The van der Waals surface area contributed by atoms with Crippen LogP contribution in [0, 0.1) is 12.8 Å². The van der Waals surface area contributed by atoms with Gasteiger partial charge in [-0.25, -0.2) is 4.79 Å². The number of nitrogens with zero attached hydrogens (tertiary/aromatic N) is 1. The van der Waals surface area contributed by atoms with Crippen LogP contribution in [0.4, 0.5) is 4.79 Å². The number of nitrogens with one attached hydrogen (secondary N) is 2. The van der Waals surface area contributed by atoms with Crippen molar-refractivity contribution in [2.45, 2.75) is 111 Å². The molecule has 2 aromatic carbocycles. The highest BCUT2D eigenvalue weighted by Crippen LogP contribution is 2.30. The van der Waals surface area contributed by atoms with Crippen molar-refractivity contribution < 1.29 is 19.1 Å². The van der Waals surface area contributed by atoms with Crippen molar-refractivity contribution in [3.63, 3.8) is 0 Å². The Morgan fingerprint density at radius 2 is 1.56 bits per heavy atom. The van der Waals surface area contributed by atoms with E-state index < -0.39 is 23.8 Å². The van der Waals surface area contributed by atoms with Crippen LogP contribution >= 0.6 is 0 Å². The fourth-order valence-electron chi connectivity index (χ4n) is 4.79. The van der Waals surface area contributed by atoms with E-state index in [9.17, 15) is 14.4 Å². The van der Waals surface area contributed by atoms with E-state index in [0.29, 0.717) is 12.5 Å². The standard InChI is InChI=1S/C34H51N3O4/c1-9-10-22-35-31(38)30(28-19-15-14-16-25(28)4)37(26(5)21-20-24(2)3)32(39)29(23-27-17-12-11-13-18-27)36-33(40)41-34(6,7)8/h11-19,24,26,29-30H,9-10,20-23H2,1-8H3,(H,35,38)(H,36,40). The van der Waals surface area contributed by atoms with Crippen molar-refractivity contribution >= 4 is 17.9 Å². The van der Waals surface area contributed by atoms with Gasteiger partial charge in [0.2, 0.25) is 11.8 Å². The van der Waals surface area contributed by atoms with Gasteiger partial charge in [0, 0.05) is 19.0 Å². The Kier molecular flexibility index (Phi) is 13.4. The molecule has 0 saturated carbocycles. The smallest absolute Gasteiger partial charge is 0.408 e. The summed E-state index contributed by atoms with van der Waals surface area (Å²) < 4.78 is 5.55. The van der Waals surface area contributed by atoms with Crippen molar-refractivity contribution in [3.05, 3.63) is 71.3 Å². The normalized spacial score (nSPS) is 13.7. The number of aryl methyl sites for hydroxylation is 1. The average molecular weight is 566 g/mol. The predicted molar refractivity (Wildman–Crippen MR) is 166 cm³/mol. The van der Waals surface area contributed by atoms with Crippen molar-refractivity contribution in [2.24, 2.45) is 5.92 Å². The quantitative estimate of drug-likeness (QED) is 0.248. The van der Waals surface area contributed by atoms with Crippen molar-refractivity contribution in [1.29, 1.82) is 0 Å². The minimum absolute atomic E-state index is 0.215. The first kappa shape index (κ1) is 33.9. The molecule has 0 aromatic heterocycles. The maximum atomic E-state index is 14.7. The van der Waals surface area contributed by atoms with Gasteiger partial charge < -0.3 is 20.3 Å². The maximum Gasteiger partial charge on any atom is 0.408 e. The van der Waals surface area contributed by atoms with Gasteiger partial charge in [0.05, 0.1) is 0 Å². The molecule has 7 nitrogen and oxygen atoms in total. The second-order valence-corrected chi connectivity index (χ2v) is 12.4. The number of unbranched alkanes of at least 4 members (excludes halogenated alkanes) is 1. The lowest BCUT2D eigenvalue weighted by Gasteiger charge is -2.39. The third-order valence-electron chi connectivity index (χ3n) is 7.00. The summed E-state index contributed by atoms with van der Waals surface area (Å²) in [5, 5.41) is 5.93. The van der Waals surface area contributed by atoms with Gasteiger partial charge in [-0.3, -0.25) is 9.59 Å². The average Bonchev–Trinajstić information content (AvgIpc) is 2.89. The molecule has 0 fully saturated rings. The van der Waals surface area contributed by atoms with Crippen LogP contribution in [-0.4, -0.2) is 47.0 Å². The molecule has 2 N–H and O–H groups in total. The molecule has 0 spiro atoms. The Morgan fingerprint density at radius 3 is 2.15 bits per heavy atom. The highest BCUT2D eigenvalue weighted by atomic mass is 16.6. The molecule has 0 aliphatic heterocycles. The van der Waals surface area contributed by atoms with Gasteiger partial charge in [-0.15, -0.1) is 0 Å². The minimum Gasteiger partial charge on any atom is -0.444 e. The summed E-state index contributed by atoms with van der Waals surface area (Å²) in [7, 11) is 0. The van der Waals surface area contributed by atoms with E-state index in [-0.39, 0.29) is 24.3 Å². The molecule has 0 radical (unpaired) electrons. The van der Waals surface area contributed by atoms with Crippen LogP contribution in [0.1, 0.15) is 96.9 Å². The lowest BCUT2D eigenvalue weighted by atomic mass is 9.94. The van der Waals surface area contributed by atoms with Crippen LogP contribution in [-0.2, 0) is 20.7 Å². The summed E-state index contributed by atoms with van der Waals surface area (Å²) in [5.41, 5.74) is 1.88. The zero-order valence-corrected chi connectivity index (χ0v) is 26.3. The number of carbonyl (C=O) groups excluding carboxylic acids is 3. The molecule has 0 saturated heterocycles. The number of hydrogen-bond acceptors (Lipinski definition) is 4. The number of ether oxygens (including phenoxy) is 1. The number of benzene rings is 2. The summed E-state index contributed by atoms with van der Waals surface area (Å²) in [5.74, 6) is -0.0900. The van der Waals surface area contributed by atoms with Crippen LogP contribution in [0.15, 0.2) is 54.6 Å². The maximum absolute atomic E-state index is 14.7. The number of alkyl carbamates (subject to hydrolysis) is 1. The van der Waals surface area contributed by atoms with Crippen LogP contribution in [0.2, 0.25) is 0 Å². The Hall–Kier alpha value is -3.35. The second-order valence-electron chi connectivity index (χ2n) is 12.4. The highest BCUT2D eigenvalue weighted by molar-refractivity contribution is 5.92. The highest BCUT2D eigenvalue weighted by Gasteiger charge is 2.39. The predicted octanol–water partition coefficient (Wildman–Crippen LogP) is 6.74. The molecule has 0 aliphatic rings. The van der Waals surface area contributed by atoms with Crippen molar-refractivity contribution in [2.75, 3.05) is 6.54 Å². The molecule has 0 bridgehead atoms. The Balaban J connectivity index is 2.62. The van der Waals surface area contributed by atoms with E-state index in [0.717, 1.165) is 42.4 Å². The molecule has 41 heavy (non-hydrogen) atoms. The molecule has 3 unspecified atom stereocenters. The van der Waals surface area contributed by atoms with Crippen LogP contribution in [0.5, 0.6) is 0 Å². The summed E-state index contributed by atoms with van der Waals surface area (Å²) in [6.07, 6.45) is 3.01. The molecule has 2 rings (SSSR count). The SMILES string of the molecule is CCCCNC(=O)C(c1ccccc1C)N(C(=O)C(Cc1ccccc1)NC(=O)OC(C)(C)C)C(C)CCC(C)C. The topological polar surface area (TPSA) is 87.7 Å². The molecule has 3 amide bonds. The van der Waals surface area contributed by atoms with E-state index in [4.69, 9.17) is 4.74 Å². The Morgan fingerprint density at radius 1 is 0.927 bits per heavy atom. The molecule has 7 heteroatoms. The lowest BCUT2D eigenvalue weighted by molar-refractivity contribution is -0.145. The van der Waals surface area contributed by atoms with Gasteiger partial charge in [-0.05, 0) is 76.5 Å². The summed E-state index contributed by atoms with van der Waals surface area (Å²) in [6, 6.07) is 15.3. The molecule has 226 valence electrons. The first-order valence-electron chi connectivity index (χ1n) is 15.0. The van der Waals surface area contributed by atoms with Gasteiger partial charge in [0.1, 0.15) is 17.7 Å². The number of amides is 3. The van der Waals surface area contributed by atoms with E-state index in [1.807, 2.05) is 68.4 Å². The number of rotatable bonds is 14. The third-order valence-corrected chi connectivity index (χ3v) is 7.00. The fourth-order valence-corrected chi connectivity index (χ4v) is 4.79. The largest absolute Gasteiger partial charge is 0.444 e. The zero-order valence-electron chi connectivity index (χ0n) is 26.3. The summed E-state index contributed by atoms with van der Waals surface area (Å²) >= 11 is 0. The minimum atomic E-state index is -0.927. The Bertz CT molecular complexity index is 1110. The van der Waals surface area contributed by atoms with Crippen molar-refractivity contribution in [3.8, 4) is 0 Å². The zero-order chi connectivity index (χ0) is 30.6. The monoisotopic (exact) mass is 565 g/mol. The first-order valence-corrected chi connectivity index (χ1v) is 15.0. The molecule has 3 atom stereocenters. The van der Waals surface area contributed by atoms with E-state index >= 15 is 0 Å². The van der Waals surface area contributed by atoms with Gasteiger partial charge in [0.15, 0.2) is 0 Å². The fraction of sp³-hybridized carbons (Fsp3) is 0.559. The second kappa shape index (κ2) is 16.2. The van der Waals surface area contributed by atoms with Gasteiger partial charge in [-0.1, -0.05) is 81.8 Å². The van der Waals surface area contributed by atoms with Gasteiger partial charge >= 0.3 is 6.09 Å². The van der Waals surface area contributed by atoms with Gasteiger partial charge in [-0.2, -0.15) is 0 Å². The van der Waals surface area contributed by atoms with E-state index in [2.05, 4.69) is 31.4 Å². The number of hydrogen-bond donors (Lipinski definition) is 2. The van der Waals surface area contributed by atoms with Crippen LogP contribution in [0.3, 0.4) is 0 Å². The van der Waals surface area contributed by atoms with Crippen molar-refractivity contribution in [1.82, 2.24) is 15.5 Å². The first-order chi connectivity index (χ1) is 19.3. The number of carbonyl (C=O) groups is 3. The molecule has 2 aromatic rings. The molecule has 0 aliphatic carbocycles. The lowest BCUT2D eigenvalue weighted by Crippen LogP contribution is -2.56. The van der Waals surface area contributed by atoms with E-state index in [1.54, 1.807) is 25.7 Å². The molecular weight excluding hydrogens is 514 g/mol. The summed E-state index contributed by atoms with van der Waals surface area (Å²) in [4.78, 5) is 43.3. The molecular formula is C34H51N3O4. The van der Waals surface area contributed by atoms with Gasteiger partial charge in [0.25, 0.3) is 0 Å². The summed E-state index contributed by atoms with van der Waals surface area (Å²) in [6.45, 7) is 16.2. The van der Waals surface area contributed by atoms with Crippen LogP contribution in [0.25, 0.3) is 0 Å².